The molecule has 3 aromatic carbocycles. The second-order valence-corrected chi connectivity index (χ2v) is 9.22. The number of rotatable bonds is 4. The highest BCUT2D eigenvalue weighted by Crippen LogP contribution is 2.33. The van der Waals surface area contributed by atoms with Gasteiger partial charge in [-0.15, -0.1) is 0 Å². The maximum Gasteiger partial charge on any atom is 0.335 e. The minimum absolute atomic E-state index is 0.389. The fourth-order valence-corrected chi connectivity index (χ4v) is 5.29. The Labute approximate surface area is 194 Å². The minimum Gasteiger partial charge on any atom is -0.478 e. The Morgan fingerprint density at radius 3 is 2.66 bits per heavy atom. The summed E-state index contributed by atoms with van der Waals surface area (Å²) in [6.07, 6.45) is 3.17. The van der Waals surface area contributed by atoms with Crippen LogP contribution in [0, 0.1) is 0 Å². The highest BCUT2D eigenvalue weighted by atomic mass is 35.5. The van der Waals surface area contributed by atoms with E-state index < -0.39 is 5.97 Å². The summed E-state index contributed by atoms with van der Waals surface area (Å²) >= 11 is 6.09. The van der Waals surface area contributed by atoms with Crippen LogP contribution in [0.3, 0.4) is 0 Å². The molecule has 0 bridgehead atoms. The van der Waals surface area contributed by atoms with Crippen molar-refractivity contribution < 1.29 is 9.90 Å². The van der Waals surface area contributed by atoms with Gasteiger partial charge in [0, 0.05) is 42.9 Å². The summed E-state index contributed by atoms with van der Waals surface area (Å²) in [4.78, 5) is 16.5. The Bertz CT molecular complexity index is 1130. The molecule has 1 atom stereocenters. The van der Waals surface area contributed by atoms with Crippen LogP contribution in [0.15, 0.2) is 66.7 Å². The molecule has 1 saturated heterocycles. The highest BCUT2D eigenvalue weighted by Gasteiger charge is 2.30. The zero-order valence-corrected chi connectivity index (χ0v) is 18.8. The Morgan fingerprint density at radius 2 is 1.84 bits per heavy atom. The summed E-state index contributed by atoms with van der Waals surface area (Å²) in [6.45, 7) is 3.90. The second kappa shape index (κ2) is 8.97. The van der Waals surface area contributed by atoms with Gasteiger partial charge in [0.1, 0.15) is 0 Å². The first-order chi connectivity index (χ1) is 15.6. The summed E-state index contributed by atoms with van der Waals surface area (Å²) in [6, 6.07) is 22.8. The number of piperazine rings is 1. The number of fused-ring (bicyclic) bond motifs is 3. The van der Waals surface area contributed by atoms with Gasteiger partial charge >= 0.3 is 5.97 Å². The number of carbonyl (C=O) groups is 1. The largest absolute Gasteiger partial charge is 0.478 e. The predicted molar refractivity (Wildman–Crippen MR) is 130 cm³/mol. The van der Waals surface area contributed by atoms with Gasteiger partial charge in [-0.1, -0.05) is 48.0 Å². The third-order valence-electron chi connectivity index (χ3n) is 6.75. The zero-order chi connectivity index (χ0) is 22.1. The highest BCUT2D eigenvalue weighted by molar-refractivity contribution is 6.30. The SMILES string of the molecule is O=C(O)c1ccc2c(c1)CCCC1CN(Cc3ccccc3-c3ccc(Cl)cc3)CCN21. The molecule has 0 aromatic heterocycles. The summed E-state index contributed by atoms with van der Waals surface area (Å²) in [5.74, 6) is -0.849. The van der Waals surface area contributed by atoms with E-state index in [9.17, 15) is 9.90 Å². The molecule has 3 aromatic rings. The smallest absolute Gasteiger partial charge is 0.335 e. The number of benzene rings is 3. The molecule has 0 aliphatic carbocycles. The van der Waals surface area contributed by atoms with E-state index in [2.05, 4.69) is 46.2 Å². The van der Waals surface area contributed by atoms with Crippen molar-refractivity contribution in [1.29, 1.82) is 0 Å². The number of hydrogen-bond acceptors (Lipinski definition) is 3. The van der Waals surface area contributed by atoms with Crippen LogP contribution in [0.5, 0.6) is 0 Å². The molecule has 1 fully saturated rings. The van der Waals surface area contributed by atoms with Crippen molar-refractivity contribution in [2.24, 2.45) is 0 Å². The van der Waals surface area contributed by atoms with Gasteiger partial charge in [-0.3, -0.25) is 4.90 Å². The Balaban J connectivity index is 1.35. The van der Waals surface area contributed by atoms with Crippen molar-refractivity contribution in [3.05, 3.63) is 88.4 Å². The molecule has 4 nitrogen and oxygen atoms in total. The molecule has 1 unspecified atom stereocenters. The lowest BCUT2D eigenvalue weighted by Crippen LogP contribution is -2.52. The fourth-order valence-electron chi connectivity index (χ4n) is 5.16. The quantitative estimate of drug-likeness (QED) is 0.555. The topological polar surface area (TPSA) is 43.8 Å². The zero-order valence-electron chi connectivity index (χ0n) is 18.0. The van der Waals surface area contributed by atoms with Gasteiger partial charge in [0.25, 0.3) is 0 Å². The van der Waals surface area contributed by atoms with Crippen molar-refractivity contribution in [2.75, 3.05) is 24.5 Å². The monoisotopic (exact) mass is 446 g/mol. The molecule has 32 heavy (non-hydrogen) atoms. The van der Waals surface area contributed by atoms with Crippen LogP contribution in [0.2, 0.25) is 5.02 Å². The predicted octanol–water partition coefficient (Wildman–Crippen LogP) is 5.73. The standard InChI is InChI=1S/C27H27ClN2O2/c28-23-11-8-19(9-12-23)25-7-2-1-4-22(25)17-29-14-15-30-24(18-29)6-3-5-20-16-21(27(31)32)10-13-26(20)30/h1-2,4,7-13,16,24H,3,5-6,14-15,17-18H2,(H,31,32). The molecule has 2 heterocycles. The molecule has 1 N–H and O–H groups in total. The average molecular weight is 447 g/mol. The maximum absolute atomic E-state index is 11.4. The minimum atomic E-state index is -0.849. The van der Waals surface area contributed by atoms with Crippen LogP contribution >= 0.6 is 11.6 Å². The lowest BCUT2D eigenvalue weighted by molar-refractivity contribution is 0.0697. The Morgan fingerprint density at radius 1 is 1.03 bits per heavy atom. The van der Waals surface area contributed by atoms with Gasteiger partial charge < -0.3 is 10.0 Å². The van der Waals surface area contributed by atoms with Gasteiger partial charge in [0.15, 0.2) is 0 Å². The Hall–Kier alpha value is -2.82. The van der Waals surface area contributed by atoms with Crippen molar-refractivity contribution in [3.8, 4) is 11.1 Å². The molecule has 0 spiro atoms. The van der Waals surface area contributed by atoms with E-state index in [-0.39, 0.29) is 0 Å². The number of aromatic carboxylic acids is 1. The Kier molecular flexibility index (Phi) is 5.90. The van der Waals surface area contributed by atoms with Crippen LogP contribution in [0.25, 0.3) is 11.1 Å². The molecule has 5 rings (SSSR count). The first-order valence-electron chi connectivity index (χ1n) is 11.3. The van der Waals surface area contributed by atoms with E-state index in [4.69, 9.17) is 11.6 Å². The van der Waals surface area contributed by atoms with E-state index in [1.54, 1.807) is 6.07 Å². The number of hydrogen-bond donors (Lipinski definition) is 1. The molecule has 0 amide bonds. The molecule has 164 valence electrons. The van der Waals surface area contributed by atoms with Crippen LogP contribution in [-0.2, 0) is 13.0 Å². The van der Waals surface area contributed by atoms with Crippen LogP contribution in [-0.4, -0.2) is 41.7 Å². The summed E-state index contributed by atoms with van der Waals surface area (Å²) in [5.41, 5.74) is 6.58. The molecule has 5 heteroatoms. The van der Waals surface area contributed by atoms with E-state index in [1.165, 1.54) is 27.9 Å². The lowest BCUT2D eigenvalue weighted by atomic mass is 9.98. The van der Waals surface area contributed by atoms with Crippen molar-refractivity contribution in [3.63, 3.8) is 0 Å². The number of anilines is 1. The van der Waals surface area contributed by atoms with Gasteiger partial charge in [-0.05, 0) is 71.8 Å². The third-order valence-corrected chi connectivity index (χ3v) is 7.00. The van der Waals surface area contributed by atoms with Gasteiger partial charge in [0.2, 0.25) is 0 Å². The normalized spacial score (nSPS) is 18.5. The number of carboxylic acid groups (broad SMARTS) is 1. The van der Waals surface area contributed by atoms with Gasteiger partial charge in [-0.25, -0.2) is 4.79 Å². The van der Waals surface area contributed by atoms with Crippen molar-refractivity contribution in [2.45, 2.75) is 31.8 Å². The number of halogens is 1. The van der Waals surface area contributed by atoms with Crippen LogP contribution in [0.1, 0.15) is 34.3 Å². The van der Waals surface area contributed by atoms with E-state index in [0.717, 1.165) is 50.5 Å². The second-order valence-electron chi connectivity index (χ2n) is 8.79. The first kappa shape index (κ1) is 21.0. The molecule has 0 radical (unpaired) electrons. The van der Waals surface area contributed by atoms with Crippen LogP contribution < -0.4 is 4.90 Å². The summed E-state index contributed by atoms with van der Waals surface area (Å²) in [5, 5.41) is 10.1. The summed E-state index contributed by atoms with van der Waals surface area (Å²) in [7, 11) is 0. The average Bonchev–Trinajstić information content (AvgIpc) is 2.98. The van der Waals surface area contributed by atoms with Crippen molar-refractivity contribution in [1.82, 2.24) is 4.90 Å². The maximum atomic E-state index is 11.4. The molecular formula is C27H27ClN2O2. The molecule has 2 aliphatic rings. The number of carboxylic acids is 1. The summed E-state index contributed by atoms with van der Waals surface area (Å²) < 4.78 is 0. The first-order valence-corrected chi connectivity index (χ1v) is 11.7. The van der Waals surface area contributed by atoms with E-state index in [0.29, 0.717) is 11.6 Å². The molecule has 2 aliphatic heterocycles. The molecular weight excluding hydrogens is 420 g/mol. The van der Waals surface area contributed by atoms with E-state index >= 15 is 0 Å². The van der Waals surface area contributed by atoms with Gasteiger partial charge in [0.05, 0.1) is 5.56 Å². The van der Waals surface area contributed by atoms with Crippen LogP contribution in [0.4, 0.5) is 5.69 Å². The number of aryl methyl sites for hydroxylation is 1. The fraction of sp³-hybridized carbons (Fsp3) is 0.296. The number of nitrogens with zero attached hydrogens (tertiary/aromatic N) is 2. The lowest BCUT2D eigenvalue weighted by Gasteiger charge is -2.42. The molecule has 0 saturated carbocycles. The van der Waals surface area contributed by atoms with E-state index in [1.807, 2.05) is 24.3 Å². The van der Waals surface area contributed by atoms with Crippen molar-refractivity contribution >= 4 is 23.3 Å². The van der Waals surface area contributed by atoms with Gasteiger partial charge in [-0.2, -0.15) is 0 Å². The third kappa shape index (κ3) is 4.25.